The molecule has 0 amide bonds. The Kier molecular flexibility index (Phi) is 4.32. The molecule has 1 aromatic rings. The third-order valence-electron chi connectivity index (χ3n) is 3.67. The van der Waals surface area contributed by atoms with E-state index in [9.17, 15) is 0 Å². The van der Waals surface area contributed by atoms with Crippen molar-refractivity contribution >= 4 is 11.3 Å². The van der Waals surface area contributed by atoms with E-state index in [4.69, 9.17) is 0 Å². The van der Waals surface area contributed by atoms with Gasteiger partial charge >= 0.3 is 0 Å². The number of hydrogen-bond acceptors (Lipinski definition) is 4. The van der Waals surface area contributed by atoms with Crippen LogP contribution in [-0.4, -0.2) is 24.6 Å². The van der Waals surface area contributed by atoms with Gasteiger partial charge in [-0.1, -0.05) is 6.92 Å². The Morgan fingerprint density at radius 3 is 2.94 bits per heavy atom. The predicted molar refractivity (Wildman–Crippen MR) is 68.6 cm³/mol. The van der Waals surface area contributed by atoms with Gasteiger partial charge in [0.05, 0.1) is 0 Å². The molecule has 0 saturated carbocycles. The summed E-state index contributed by atoms with van der Waals surface area (Å²) in [5.74, 6) is 0. The largest absolute Gasteiger partial charge is 0.317 e. The summed E-state index contributed by atoms with van der Waals surface area (Å²) < 4.78 is 0. The van der Waals surface area contributed by atoms with Gasteiger partial charge in [-0.05, 0) is 37.8 Å². The summed E-state index contributed by atoms with van der Waals surface area (Å²) in [4.78, 5) is 4.29. The molecule has 2 heterocycles. The molecule has 1 saturated heterocycles. The number of hydrogen-bond donors (Lipinski definition) is 2. The van der Waals surface area contributed by atoms with E-state index >= 15 is 0 Å². The second kappa shape index (κ2) is 5.75. The fourth-order valence-corrected chi connectivity index (χ4v) is 2.97. The first kappa shape index (κ1) is 12.0. The second-order valence-corrected chi connectivity index (χ2v) is 5.61. The Morgan fingerprint density at radius 1 is 1.50 bits per heavy atom. The van der Waals surface area contributed by atoms with Crippen LogP contribution in [-0.2, 0) is 6.54 Å². The van der Waals surface area contributed by atoms with Crippen LogP contribution in [0.15, 0.2) is 11.6 Å². The molecule has 1 fully saturated rings. The molecule has 90 valence electrons. The van der Waals surface area contributed by atoms with E-state index in [-0.39, 0.29) is 0 Å². The monoisotopic (exact) mass is 239 g/mol. The molecule has 0 atom stereocenters. The Bertz CT molecular complexity index is 291. The van der Waals surface area contributed by atoms with Crippen molar-refractivity contribution in [3.8, 4) is 0 Å². The predicted octanol–water partition coefficient (Wildman–Crippen LogP) is 2.01. The van der Waals surface area contributed by atoms with Gasteiger partial charge in [0.1, 0.15) is 5.01 Å². The van der Waals surface area contributed by atoms with Crippen molar-refractivity contribution in [2.75, 3.05) is 19.6 Å². The number of piperidine rings is 1. The normalized spacial score (nSPS) is 19.8. The lowest BCUT2D eigenvalue weighted by atomic mass is 9.76. The van der Waals surface area contributed by atoms with Crippen LogP contribution in [0.3, 0.4) is 0 Å². The highest BCUT2D eigenvalue weighted by Gasteiger charge is 2.29. The zero-order valence-electron chi connectivity index (χ0n) is 9.96. The van der Waals surface area contributed by atoms with Crippen LogP contribution in [0.1, 0.15) is 31.2 Å². The molecular weight excluding hydrogens is 218 g/mol. The summed E-state index contributed by atoms with van der Waals surface area (Å²) in [6, 6.07) is 0. The maximum atomic E-state index is 4.29. The Hall–Kier alpha value is -0.450. The van der Waals surface area contributed by atoms with Crippen molar-refractivity contribution in [1.82, 2.24) is 15.6 Å². The van der Waals surface area contributed by atoms with Crippen LogP contribution >= 0.6 is 11.3 Å². The van der Waals surface area contributed by atoms with Gasteiger partial charge in [0.25, 0.3) is 0 Å². The van der Waals surface area contributed by atoms with Crippen molar-refractivity contribution in [2.24, 2.45) is 5.41 Å². The highest BCUT2D eigenvalue weighted by Crippen LogP contribution is 2.31. The van der Waals surface area contributed by atoms with Crippen LogP contribution in [0.4, 0.5) is 0 Å². The number of nitrogens with zero attached hydrogens (tertiary/aromatic N) is 1. The molecule has 0 aromatic carbocycles. The summed E-state index contributed by atoms with van der Waals surface area (Å²) in [6.07, 6.45) is 5.75. The minimum absolute atomic E-state index is 0.516. The third kappa shape index (κ3) is 3.03. The maximum Gasteiger partial charge on any atom is 0.106 e. The standard InChI is InChI=1S/C12H21N3S/c1-2-12(3-5-13-6-4-12)10-14-9-11-15-7-8-16-11/h7-8,13-14H,2-6,9-10H2,1H3. The lowest BCUT2D eigenvalue weighted by molar-refractivity contribution is 0.185. The van der Waals surface area contributed by atoms with Crippen LogP contribution in [0, 0.1) is 5.41 Å². The number of rotatable bonds is 5. The van der Waals surface area contributed by atoms with E-state index in [2.05, 4.69) is 22.5 Å². The summed E-state index contributed by atoms with van der Waals surface area (Å²) in [7, 11) is 0. The van der Waals surface area contributed by atoms with Gasteiger partial charge in [-0.3, -0.25) is 0 Å². The van der Waals surface area contributed by atoms with E-state index in [1.165, 1.54) is 37.4 Å². The average Bonchev–Trinajstić information content (AvgIpc) is 2.83. The first-order chi connectivity index (χ1) is 7.85. The van der Waals surface area contributed by atoms with Crippen molar-refractivity contribution < 1.29 is 0 Å². The fourth-order valence-electron chi connectivity index (χ4n) is 2.39. The molecule has 0 unspecified atom stereocenters. The Labute approximate surface area is 102 Å². The molecular formula is C12H21N3S. The quantitative estimate of drug-likeness (QED) is 0.825. The maximum absolute atomic E-state index is 4.29. The summed E-state index contributed by atoms with van der Waals surface area (Å²) in [6.45, 7) is 6.72. The summed E-state index contributed by atoms with van der Waals surface area (Å²) in [5.41, 5.74) is 0.516. The molecule has 1 aliphatic rings. The van der Waals surface area contributed by atoms with Crippen molar-refractivity contribution in [1.29, 1.82) is 0 Å². The minimum atomic E-state index is 0.516. The van der Waals surface area contributed by atoms with Crippen molar-refractivity contribution in [2.45, 2.75) is 32.7 Å². The van der Waals surface area contributed by atoms with Gasteiger partial charge in [-0.25, -0.2) is 4.98 Å². The van der Waals surface area contributed by atoms with Crippen LogP contribution in [0.5, 0.6) is 0 Å². The van der Waals surface area contributed by atoms with E-state index < -0.39 is 0 Å². The summed E-state index contributed by atoms with van der Waals surface area (Å²) in [5, 5.41) is 10.2. The highest BCUT2D eigenvalue weighted by atomic mass is 32.1. The smallest absolute Gasteiger partial charge is 0.106 e. The SMILES string of the molecule is CCC1(CNCc2nccs2)CCNCC1. The number of aromatic nitrogens is 1. The zero-order valence-corrected chi connectivity index (χ0v) is 10.8. The third-order valence-corrected chi connectivity index (χ3v) is 4.45. The Morgan fingerprint density at radius 2 is 2.31 bits per heavy atom. The molecule has 0 aliphatic carbocycles. The van der Waals surface area contributed by atoms with Gasteiger partial charge in [0.15, 0.2) is 0 Å². The van der Waals surface area contributed by atoms with Gasteiger partial charge < -0.3 is 10.6 Å². The Balaban J connectivity index is 1.78. The van der Waals surface area contributed by atoms with Crippen LogP contribution in [0.2, 0.25) is 0 Å². The molecule has 16 heavy (non-hydrogen) atoms. The molecule has 2 N–H and O–H groups in total. The molecule has 1 aliphatic heterocycles. The molecule has 2 rings (SSSR count). The van der Waals surface area contributed by atoms with Crippen LogP contribution in [0.25, 0.3) is 0 Å². The first-order valence-electron chi connectivity index (χ1n) is 6.14. The van der Waals surface area contributed by atoms with E-state index in [0.717, 1.165) is 13.1 Å². The van der Waals surface area contributed by atoms with Gasteiger partial charge in [0, 0.05) is 24.7 Å². The van der Waals surface area contributed by atoms with Crippen LogP contribution < -0.4 is 10.6 Å². The molecule has 4 heteroatoms. The van der Waals surface area contributed by atoms with Gasteiger partial charge in [-0.2, -0.15) is 0 Å². The number of nitrogens with one attached hydrogen (secondary N) is 2. The molecule has 0 spiro atoms. The van der Waals surface area contributed by atoms with Crippen molar-refractivity contribution in [3.05, 3.63) is 16.6 Å². The molecule has 0 bridgehead atoms. The molecule has 1 aromatic heterocycles. The zero-order chi connectivity index (χ0) is 11.3. The lowest BCUT2D eigenvalue weighted by Crippen LogP contribution is -2.42. The average molecular weight is 239 g/mol. The number of thiazole rings is 1. The first-order valence-corrected chi connectivity index (χ1v) is 7.02. The molecule has 0 radical (unpaired) electrons. The lowest BCUT2D eigenvalue weighted by Gasteiger charge is -2.37. The van der Waals surface area contributed by atoms with E-state index in [1.807, 2.05) is 11.6 Å². The fraction of sp³-hybridized carbons (Fsp3) is 0.750. The van der Waals surface area contributed by atoms with Gasteiger partial charge in [0.2, 0.25) is 0 Å². The van der Waals surface area contributed by atoms with Crippen molar-refractivity contribution in [3.63, 3.8) is 0 Å². The summed E-state index contributed by atoms with van der Waals surface area (Å²) >= 11 is 1.73. The molecule has 3 nitrogen and oxygen atoms in total. The minimum Gasteiger partial charge on any atom is -0.317 e. The second-order valence-electron chi connectivity index (χ2n) is 4.63. The van der Waals surface area contributed by atoms with Gasteiger partial charge in [-0.15, -0.1) is 11.3 Å². The van der Waals surface area contributed by atoms with E-state index in [1.54, 1.807) is 11.3 Å². The topological polar surface area (TPSA) is 37.0 Å². The van der Waals surface area contributed by atoms with E-state index in [0.29, 0.717) is 5.41 Å². The highest BCUT2D eigenvalue weighted by molar-refractivity contribution is 7.09.